The fourth-order valence-corrected chi connectivity index (χ4v) is 2.36. The van der Waals surface area contributed by atoms with Gasteiger partial charge in [-0.3, -0.25) is 9.69 Å². The zero-order valence-electron chi connectivity index (χ0n) is 11.7. The molecule has 20 heavy (non-hydrogen) atoms. The zero-order valence-corrected chi connectivity index (χ0v) is 11.7. The maximum absolute atomic E-state index is 10.6. The summed E-state index contributed by atoms with van der Waals surface area (Å²) in [7, 11) is 0. The van der Waals surface area contributed by atoms with Crippen molar-refractivity contribution in [3.8, 4) is 5.75 Å². The van der Waals surface area contributed by atoms with Crippen molar-refractivity contribution < 1.29 is 14.6 Å². The van der Waals surface area contributed by atoms with Gasteiger partial charge in [0.05, 0.1) is 13.2 Å². The summed E-state index contributed by atoms with van der Waals surface area (Å²) in [6, 6.07) is 9.84. The second-order valence-electron chi connectivity index (χ2n) is 5.03. The van der Waals surface area contributed by atoms with Gasteiger partial charge in [0.2, 0.25) is 0 Å². The van der Waals surface area contributed by atoms with Crippen LogP contribution >= 0.6 is 0 Å². The van der Waals surface area contributed by atoms with Crippen LogP contribution in [0.4, 0.5) is 0 Å². The molecule has 0 radical (unpaired) electrons. The summed E-state index contributed by atoms with van der Waals surface area (Å²) in [5, 5.41) is 8.74. The number of rotatable bonds is 7. The number of benzene rings is 1. The number of carboxylic acids is 1. The number of nitrogens with zero attached hydrogens (tertiary/aromatic N) is 2. The Kier molecular flexibility index (Phi) is 5.83. The summed E-state index contributed by atoms with van der Waals surface area (Å²) in [6.07, 6.45) is 0.994. The van der Waals surface area contributed by atoms with Crippen LogP contribution in [0, 0.1) is 0 Å². The number of aliphatic carboxylic acids is 1. The molecule has 1 aromatic rings. The Labute approximate surface area is 119 Å². The van der Waals surface area contributed by atoms with Crippen LogP contribution in [0.15, 0.2) is 30.3 Å². The van der Waals surface area contributed by atoms with Crippen LogP contribution in [-0.2, 0) is 4.79 Å². The van der Waals surface area contributed by atoms with E-state index in [2.05, 4.69) is 4.90 Å². The summed E-state index contributed by atoms with van der Waals surface area (Å²) in [4.78, 5) is 15.0. The number of carbonyl (C=O) groups is 1. The van der Waals surface area contributed by atoms with Gasteiger partial charge in [0.15, 0.2) is 0 Å². The Morgan fingerprint density at radius 3 is 2.40 bits per heavy atom. The zero-order chi connectivity index (χ0) is 14.2. The Morgan fingerprint density at radius 1 is 1.10 bits per heavy atom. The maximum atomic E-state index is 10.6. The fraction of sp³-hybridized carbons (Fsp3) is 0.533. The third-order valence-corrected chi connectivity index (χ3v) is 3.45. The van der Waals surface area contributed by atoms with Crippen molar-refractivity contribution in [3.63, 3.8) is 0 Å². The molecule has 1 aromatic carbocycles. The van der Waals surface area contributed by atoms with E-state index in [9.17, 15) is 4.79 Å². The molecule has 2 rings (SSSR count). The van der Waals surface area contributed by atoms with Gasteiger partial charge in [0.1, 0.15) is 5.75 Å². The molecule has 110 valence electrons. The van der Waals surface area contributed by atoms with Gasteiger partial charge in [-0.15, -0.1) is 0 Å². The van der Waals surface area contributed by atoms with Gasteiger partial charge in [0.25, 0.3) is 0 Å². The minimum absolute atomic E-state index is 0.158. The van der Waals surface area contributed by atoms with Crippen molar-refractivity contribution in [2.45, 2.75) is 6.42 Å². The second-order valence-corrected chi connectivity index (χ2v) is 5.03. The predicted molar refractivity (Wildman–Crippen MR) is 77.1 cm³/mol. The van der Waals surface area contributed by atoms with E-state index >= 15 is 0 Å². The van der Waals surface area contributed by atoms with E-state index < -0.39 is 5.97 Å². The van der Waals surface area contributed by atoms with Crippen molar-refractivity contribution in [2.24, 2.45) is 0 Å². The molecule has 0 bridgehead atoms. The van der Waals surface area contributed by atoms with Crippen molar-refractivity contribution in [3.05, 3.63) is 30.3 Å². The molecule has 0 unspecified atom stereocenters. The van der Waals surface area contributed by atoms with E-state index in [1.54, 1.807) is 0 Å². The molecule has 0 saturated carbocycles. The van der Waals surface area contributed by atoms with E-state index in [1.165, 1.54) is 0 Å². The van der Waals surface area contributed by atoms with E-state index in [-0.39, 0.29) is 6.54 Å². The normalized spacial score (nSPS) is 17.0. The standard InChI is InChI=1S/C15H22N2O3/c18-15(19)13-17-10-8-16(9-11-17)7-4-12-20-14-5-2-1-3-6-14/h1-3,5-6H,4,7-13H2,(H,18,19). The smallest absolute Gasteiger partial charge is 0.317 e. The Hall–Kier alpha value is -1.59. The molecule has 0 aliphatic carbocycles. The van der Waals surface area contributed by atoms with Crippen molar-refractivity contribution in [1.29, 1.82) is 0 Å². The number of ether oxygens (including phenoxy) is 1. The van der Waals surface area contributed by atoms with Gasteiger partial charge in [0, 0.05) is 32.7 Å². The summed E-state index contributed by atoms with van der Waals surface area (Å²) in [6.45, 7) is 5.45. The highest BCUT2D eigenvalue weighted by atomic mass is 16.5. The van der Waals surface area contributed by atoms with Gasteiger partial charge >= 0.3 is 5.97 Å². The molecule has 0 amide bonds. The van der Waals surface area contributed by atoms with E-state index in [0.717, 1.165) is 51.5 Å². The van der Waals surface area contributed by atoms with Gasteiger partial charge in [-0.2, -0.15) is 0 Å². The molecular formula is C15H22N2O3. The molecule has 0 atom stereocenters. The third-order valence-electron chi connectivity index (χ3n) is 3.45. The monoisotopic (exact) mass is 278 g/mol. The predicted octanol–water partition coefficient (Wildman–Crippen LogP) is 1.16. The van der Waals surface area contributed by atoms with Crippen molar-refractivity contribution >= 4 is 5.97 Å². The van der Waals surface area contributed by atoms with Gasteiger partial charge in [-0.05, 0) is 18.6 Å². The minimum Gasteiger partial charge on any atom is -0.494 e. The van der Waals surface area contributed by atoms with Crippen molar-refractivity contribution in [1.82, 2.24) is 9.80 Å². The first kappa shape index (κ1) is 14.8. The SMILES string of the molecule is O=C(O)CN1CCN(CCCOc2ccccc2)CC1. The molecular weight excluding hydrogens is 256 g/mol. The molecule has 1 N–H and O–H groups in total. The molecule has 1 aliphatic heterocycles. The van der Waals surface area contributed by atoms with E-state index in [0.29, 0.717) is 0 Å². The molecule has 1 aliphatic rings. The lowest BCUT2D eigenvalue weighted by Crippen LogP contribution is -2.48. The van der Waals surface area contributed by atoms with Gasteiger partial charge < -0.3 is 14.7 Å². The molecule has 1 heterocycles. The number of hydrogen-bond donors (Lipinski definition) is 1. The first-order chi connectivity index (χ1) is 9.74. The number of piperazine rings is 1. The summed E-state index contributed by atoms with van der Waals surface area (Å²) >= 11 is 0. The fourth-order valence-electron chi connectivity index (χ4n) is 2.36. The molecule has 5 nitrogen and oxygen atoms in total. The maximum Gasteiger partial charge on any atom is 0.317 e. The highest BCUT2D eigenvalue weighted by molar-refractivity contribution is 5.69. The minimum atomic E-state index is -0.741. The Balaban J connectivity index is 1.56. The number of carboxylic acid groups (broad SMARTS) is 1. The third kappa shape index (κ3) is 5.19. The van der Waals surface area contributed by atoms with Crippen LogP contribution in [-0.4, -0.2) is 66.8 Å². The highest BCUT2D eigenvalue weighted by Crippen LogP contribution is 2.09. The van der Waals surface area contributed by atoms with Crippen LogP contribution < -0.4 is 4.74 Å². The van der Waals surface area contributed by atoms with Crippen LogP contribution in [0.3, 0.4) is 0 Å². The first-order valence-corrected chi connectivity index (χ1v) is 7.08. The highest BCUT2D eigenvalue weighted by Gasteiger charge is 2.17. The lowest BCUT2D eigenvalue weighted by atomic mass is 10.3. The van der Waals surface area contributed by atoms with Crippen LogP contribution in [0.5, 0.6) is 5.75 Å². The van der Waals surface area contributed by atoms with Gasteiger partial charge in [-0.1, -0.05) is 18.2 Å². The average molecular weight is 278 g/mol. The molecule has 0 aromatic heterocycles. The Morgan fingerprint density at radius 2 is 1.75 bits per heavy atom. The van der Waals surface area contributed by atoms with Crippen LogP contribution in [0.2, 0.25) is 0 Å². The van der Waals surface area contributed by atoms with Crippen LogP contribution in [0.1, 0.15) is 6.42 Å². The molecule has 0 spiro atoms. The van der Waals surface area contributed by atoms with Crippen molar-refractivity contribution in [2.75, 3.05) is 45.9 Å². The lowest BCUT2D eigenvalue weighted by Gasteiger charge is -2.33. The van der Waals surface area contributed by atoms with Gasteiger partial charge in [-0.25, -0.2) is 0 Å². The summed E-state index contributed by atoms with van der Waals surface area (Å²) in [5.41, 5.74) is 0. The largest absolute Gasteiger partial charge is 0.494 e. The number of para-hydroxylation sites is 1. The van der Waals surface area contributed by atoms with Crippen LogP contribution in [0.25, 0.3) is 0 Å². The summed E-state index contributed by atoms with van der Waals surface area (Å²) < 4.78 is 5.66. The quantitative estimate of drug-likeness (QED) is 0.759. The molecule has 1 saturated heterocycles. The summed E-state index contributed by atoms with van der Waals surface area (Å²) in [5.74, 6) is 0.175. The Bertz CT molecular complexity index is 403. The second kappa shape index (κ2) is 7.87. The van der Waals surface area contributed by atoms with E-state index in [1.807, 2.05) is 35.2 Å². The lowest BCUT2D eigenvalue weighted by molar-refractivity contribution is -0.138. The molecule has 1 fully saturated rings. The van der Waals surface area contributed by atoms with E-state index in [4.69, 9.17) is 9.84 Å². The molecule has 5 heteroatoms. The first-order valence-electron chi connectivity index (χ1n) is 7.08. The topological polar surface area (TPSA) is 53.0 Å². The number of hydrogen-bond acceptors (Lipinski definition) is 4. The average Bonchev–Trinajstić information content (AvgIpc) is 2.46.